The van der Waals surface area contributed by atoms with Gasteiger partial charge in [0, 0.05) is 30.5 Å². The van der Waals surface area contributed by atoms with Crippen LogP contribution in [-0.4, -0.2) is 26.2 Å². The lowest BCUT2D eigenvalue weighted by atomic mass is 10.2. The molecule has 0 spiro atoms. The Hall–Kier alpha value is -3.54. The zero-order chi connectivity index (χ0) is 20.2. The van der Waals surface area contributed by atoms with E-state index in [1.54, 1.807) is 41.2 Å². The van der Waals surface area contributed by atoms with Gasteiger partial charge in [-0.25, -0.2) is 9.18 Å². The first-order valence-electron chi connectivity index (χ1n) is 9.35. The number of nitrogens with zero attached hydrogens (tertiary/aromatic N) is 2. The topological polar surface area (TPSA) is 42.0 Å². The number of rotatable bonds is 6. The van der Waals surface area contributed by atoms with Crippen molar-refractivity contribution < 1.29 is 18.7 Å². The molecule has 6 heteroatoms. The molecular formula is C23H21FN2O3. The average Bonchev–Trinajstić information content (AvgIpc) is 3.14. The number of anilines is 2. The molecule has 5 nitrogen and oxygen atoms in total. The van der Waals surface area contributed by atoms with Crippen LogP contribution >= 0.6 is 0 Å². The smallest absolute Gasteiger partial charge is 0.329 e. The summed E-state index contributed by atoms with van der Waals surface area (Å²) >= 11 is 0. The first kappa shape index (κ1) is 18.8. The van der Waals surface area contributed by atoms with Gasteiger partial charge in [-0.15, -0.1) is 0 Å². The number of amides is 2. The Bertz CT molecular complexity index is 1010. The number of halogens is 1. The van der Waals surface area contributed by atoms with Gasteiger partial charge >= 0.3 is 6.03 Å². The van der Waals surface area contributed by atoms with E-state index in [1.807, 2.05) is 36.4 Å². The highest BCUT2D eigenvalue weighted by molar-refractivity contribution is 6.06. The van der Waals surface area contributed by atoms with Crippen molar-refractivity contribution in [3.63, 3.8) is 0 Å². The van der Waals surface area contributed by atoms with E-state index in [2.05, 4.69) is 0 Å². The normalized spacial score (nSPS) is 13.7. The fourth-order valence-electron chi connectivity index (χ4n) is 3.34. The third kappa shape index (κ3) is 4.01. The summed E-state index contributed by atoms with van der Waals surface area (Å²) in [5.74, 6) is 0.791. The van der Waals surface area contributed by atoms with E-state index >= 15 is 0 Å². The molecule has 3 aromatic rings. The molecule has 0 atom stereocenters. The molecule has 1 aliphatic rings. The van der Waals surface area contributed by atoms with Gasteiger partial charge in [0.2, 0.25) is 0 Å². The number of benzene rings is 3. The van der Waals surface area contributed by atoms with Gasteiger partial charge < -0.3 is 9.47 Å². The van der Waals surface area contributed by atoms with Gasteiger partial charge in [-0.05, 0) is 35.9 Å². The molecule has 0 saturated carbocycles. The van der Waals surface area contributed by atoms with E-state index < -0.39 is 0 Å². The van der Waals surface area contributed by atoms with E-state index in [0.29, 0.717) is 42.6 Å². The van der Waals surface area contributed by atoms with Crippen LogP contribution in [0.3, 0.4) is 0 Å². The SMILES string of the molecule is COc1ccc(N2CCN(c3cccc(F)c3)C2=O)cc1OCc1ccccc1. The van der Waals surface area contributed by atoms with Crippen LogP contribution in [0.4, 0.5) is 20.6 Å². The molecule has 4 rings (SSSR count). The highest BCUT2D eigenvalue weighted by Crippen LogP contribution is 2.34. The molecule has 0 aromatic heterocycles. The van der Waals surface area contributed by atoms with Crippen molar-refractivity contribution in [1.82, 2.24) is 0 Å². The third-order valence-electron chi connectivity index (χ3n) is 4.82. The summed E-state index contributed by atoms with van der Waals surface area (Å²) < 4.78 is 24.9. The molecule has 0 radical (unpaired) electrons. The second-order valence-corrected chi connectivity index (χ2v) is 6.68. The Morgan fingerprint density at radius 2 is 1.59 bits per heavy atom. The Morgan fingerprint density at radius 3 is 2.28 bits per heavy atom. The van der Waals surface area contributed by atoms with E-state index in [1.165, 1.54) is 12.1 Å². The average molecular weight is 392 g/mol. The van der Waals surface area contributed by atoms with E-state index in [4.69, 9.17) is 9.47 Å². The summed E-state index contributed by atoms with van der Waals surface area (Å²) in [6.07, 6.45) is 0. The maximum Gasteiger partial charge on any atom is 0.329 e. The van der Waals surface area contributed by atoms with Gasteiger partial charge in [0.1, 0.15) is 12.4 Å². The maximum absolute atomic E-state index is 13.5. The summed E-state index contributed by atoms with van der Waals surface area (Å²) in [6.45, 7) is 1.37. The van der Waals surface area contributed by atoms with Gasteiger partial charge in [0.15, 0.2) is 11.5 Å². The van der Waals surface area contributed by atoms with Gasteiger partial charge in [-0.1, -0.05) is 36.4 Å². The Morgan fingerprint density at radius 1 is 0.862 bits per heavy atom. The molecule has 1 saturated heterocycles. The Balaban J connectivity index is 1.54. The molecule has 0 N–H and O–H groups in total. The fourth-order valence-corrected chi connectivity index (χ4v) is 3.34. The second-order valence-electron chi connectivity index (χ2n) is 6.68. The lowest BCUT2D eigenvalue weighted by molar-refractivity contribution is 0.255. The number of carbonyl (C=O) groups excluding carboxylic acids is 1. The number of hydrogen-bond acceptors (Lipinski definition) is 3. The molecule has 1 heterocycles. The molecular weight excluding hydrogens is 371 g/mol. The predicted molar refractivity (Wildman–Crippen MR) is 110 cm³/mol. The molecule has 0 bridgehead atoms. The standard InChI is InChI=1S/C23H21FN2O3/c1-28-21-11-10-20(15-22(21)29-16-17-6-3-2-4-7-17)26-13-12-25(23(26)27)19-9-5-8-18(24)14-19/h2-11,14-15H,12-13,16H2,1H3. The van der Waals surface area contributed by atoms with Crippen molar-refractivity contribution in [2.24, 2.45) is 0 Å². The largest absolute Gasteiger partial charge is 0.493 e. The van der Waals surface area contributed by atoms with Crippen molar-refractivity contribution in [3.8, 4) is 11.5 Å². The van der Waals surface area contributed by atoms with Crippen molar-refractivity contribution in [2.75, 3.05) is 30.0 Å². The highest BCUT2D eigenvalue weighted by Gasteiger charge is 2.31. The monoisotopic (exact) mass is 392 g/mol. The minimum atomic E-state index is -0.366. The van der Waals surface area contributed by atoms with Crippen molar-refractivity contribution in [1.29, 1.82) is 0 Å². The van der Waals surface area contributed by atoms with Crippen molar-refractivity contribution in [3.05, 3.63) is 84.2 Å². The van der Waals surface area contributed by atoms with E-state index in [0.717, 1.165) is 5.56 Å². The first-order valence-corrected chi connectivity index (χ1v) is 9.35. The zero-order valence-electron chi connectivity index (χ0n) is 16.0. The number of methoxy groups -OCH3 is 1. The molecule has 0 unspecified atom stereocenters. The number of urea groups is 1. The van der Waals surface area contributed by atoms with Crippen molar-refractivity contribution >= 4 is 17.4 Å². The van der Waals surface area contributed by atoms with Crippen LogP contribution in [0.25, 0.3) is 0 Å². The third-order valence-corrected chi connectivity index (χ3v) is 4.82. The van der Waals surface area contributed by atoms with Gasteiger partial charge in [0.25, 0.3) is 0 Å². The Labute approximate surface area is 168 Å². The number of carbonyl (C=O) groups is 1. The van der Waals surface area contributed by atoms with Crippen LogP contribution in [0.15, 0.2) is 72.8 Å². The minimum absolute atomic E-state index is 0.199. The first-order chi connectivity index (χ1) is 14.2. The molecule has 0 aliphatic carbocycles. The lowest BCUT2D eigenvalue weighted by Crippen LogP contribution is -2.31. The van der Waals surface area contributed by atoms with Crippen LogP contribution in [-0.2, 0) is 6.61 Å². The lowest BCUT2D eigenvalue weighted by Gasteiger charge is -2.20. The van der Waals surface area contributed by atoms with Crippen LogP contribution in [0.2, 0.25) is 0 Å². The molecule has 29 heavy (non-hydrogen) atoms. The van der Waals surface area contributed by atoms with Crippen LogP contribution < -0.4 is 19.3 Å². The molecule has 1 aliphatic heterocycles. The zero-order valence-corrected chi connectivity index (χ0v) is 16.0. The summed E-state index contributed by atoms with van der Waals surface area (Å²) in [6, 6.07) is 21.1. The van der Waals surface area contributed by atoms with Crippen LogP contribution in [0, 0.1) is 5.82 Å². The van der Waals surface area contributed by atoms with Gasteiger partial charge in [0.05, 0.1) is 7.11 Å². The summed E-state index contributed by atoms with van der Waals surface area (Å²) in [5, 5.41) is 0. The molecule has 3 aromatic carbocycles. The summed E-state index contributed by atoms with van der Waals surface area (Å²) in [4.78, 5) is 16.1. The summed E-state index contributed by atoms with van der Waals surface area (Å²) in [5.41, 5.74) is 2.29. The van der Waals surface area contributed by atoms with Crippen LogP contribution in [0.1, 0.15) is 5.56 Å². The fraction of sp³-hybridized carbons (Fsp3) is 0.174. The van der Waals surface area contributed by atoms with Crippen LogP contribution in [0.5, 0.6) is 11.5 Å². The van der Waals surface area contributed by atoms with Gasteiger partial charge in [-0.2, -0.15) is 0 Å². The predicted octanol–water partition coefficient (Wildman–Crippen LogP) is 4.86. The number of ether oxygens (including phenoxy) is 2. The van der Waals surface area contributed by atoms with Gasteiger partial charge in [-0.3, -0.25) is 9.80 Å². The summed E-state index contributed by atoms with van der Waals surface area (Å²) in [7, 11) is 1.58. The molecule has 1 fully saturated rings. The van der Waals surface area contributed by atoms with E-state index in [-0.39, 0.29) is 11.8 Å². The highest BCUT2D eigenvalue weighted by atomic mass is 19.1. The number of hydrogen-bond donors (Lipinski definition) is 0. The maximum atomic E-state index is 13.5. The second kappa shape index (κ2) is 8.22. The molecule has 2 amide bonds. The van der Waals surface area contributed by atoms with Crippen molar-refractivity contribution in [2.45, 2.75) is 6.61 Å². The minimum Gasteiger partial charge on any atom is -0.493 e. The Kier molecular flexibility index (Phi) is 5.33. The molecule has 148 valence electrons. The van der Waals surface area contributed by atoms with E-state index in [9.17, 15) is 9.18 Å². The quantitative estimate of drug-likeness (QED) is 0.602.